The van der Waals surface area contributed by atoms with Crippen LogP contribution in [0.2, 0.25) is 0 Å². The summed E-state index contributed by atoms with van der Waals surface area (Å²) in [5, 5.41) is 78.3. The van der Waals surface area contributed by atoms with Crippen molar-refractivity contribution < 1.29 is 77.6 Å². The van der Waals surface area contributed by atoms with E-state index in [4.69, 9.17) is 39.5 Å². The normalized spacial score (nSPS) is 14.4. The third kappa shape index (κ3) is 29.5. The quantitative estimate of drug-likeness (QED) is 0.00993. The second kappa shape index (κ2) is 44.3. The first-order valence-corrected chi connectivity index (χ1v) is 36.4. The largest absolute Gasteiger partial charge is 0.508 e. The van der Waals surface area contributed by atoms with Crippen LogP contribution in [0.5, 0.6) is 11.5 Å². The van der Waals surface area contributed by atoms with Crippen LogP contribution in [-0.2, 0) is 88.0 Å². The highest BCUT2D eigenvalue weighted by Crippen LogP contribution is 2.22. The molecule has 0 saturated carbocycles. The lowest BCUT2D eigenvalue weighted by Crippen LogP contribution is -2.63. The van der Waals surface area contributed by atoms with Crippen molar-refractivity contribution in [3.63, 3.8) is 0 Å². The molecule has 112 heavy (non-hydrogen) atoms. The molecule has 0 aliphatic carbocycles. The van der Waals surface area contributed by atoms with E-state index in [1.54, 1.807) is 69.7 Å². The van der Waals surface area contributed by atoms with E-state index in [0.717, 1.165) is 11.8 Å². The Morgan fingerprint density at radius 1 is 0.509 bits per heavy atom. The average Bonchev–Trinajstić information content (AvgIpc) is 1.73. The molecular weight excluding hydrogens is 1450 g/mol. The predicted octanol–water partition coefficient (Wildman–Crippen LogP) is -4.41. The molecule has 5 aromatic rings. The van der Waals surface area contributed by atoms with Crippen molar-refractivity contribution in [2.45, 2.75) is 184 Å². The molecule has 610 valence electrons. The molecule has 2 aromatic heterocycles. The van der Waals surface area contributed by atoms with E-state index in [1.807, 2.05) is 0 Å². The molecule has 0 bridgehead atoms. The van der Waals surface area contributed by atoms with Gasteiger partial charge in [0.15, 0.2) is 11.9 Å². The highest BCUT2D eigenvalue weighted by Gasteiger charge is 2.40. The third-order valence-electron chi connectivity index (χ3n) is 18.1. The lowest BCUT2D eigenvalue weighted by atomic mass is 9.99. The fourth-order valence-electron chi connectivity index (χ4n) is 12.0. The number of aromatic amines is 2. The molecule has 5 rings (SSSR count). The minimum atomic E-state index is -1.93. The Kier molecular flexibility index (Phi) is 35.7. The zero-order valence-electron chi connectivity index (χ0n) is 63.6. The van der Waals surface area contributed by atoms with E-state index in [1.165, 1.54) is 63.6 Å². The molecule has 0 aliphatic heterocycles. The fraction of sp³-hybridized carbons (Fsp3) is 0.479. The number of aliphatic hydroxyl groups excluding tert-OH is 1. The minimum Gasteiger partial charge on any atom is -0.508 e. The molecule has 0 spiro atoms. The van der Waals surface area contributed by atoms with Gasteiger partial charge >= 0.3 is 0 Å². The lowest BCUT2D eigenvalue weighted by Gasteiger charge is -2.33. The minimum absolute atomic E-state index is 0.0193. The number of carbonyl (C=O) groups is 13. The first kappa shape index (κ1) is 90.2. The van der Waals surface area contributed by atoms with E-state index >= 15 is 0 Å². The summed E-state index contributed by atoms with van der Waals surface area (Å²) in [5.74, 6) is -14.9. The fourth-order valence-corrected chi connectivity index (χ4v) is 12.0. The van der Waals surface area contributed by atoms with E-state index in [-0.39, 0.29) is 88.3 Å². The third-order valence-corrected chi connectivity index (χ3v) is 18.1. The Labute approximate surface area is 646 Å². The molecule has 0 radical (unpaired) electrons. The van der Waals surface area contributed by atoms with E-state index in [2.05, 4.69) is 78.8 Å². The summed E-state index contributed by atoms with van der Waals surface area (Å²) in [5.41, 5.74) is 30.6. The first-order valence-electron chi connectivity index (χ1n) is 36.4. The number of nitrogens with zero attached hydrogens (tertiary/aromatic N) is 2. The molecule has 2 heterocycles. The number of aromatic hydroxyl groups is 2. The average molecular weight is 1560 g/mol. The van der Waals surface area contributed by atoms with Gasteiger partial charge < -0.3 is 123 Å². The van der Waals surface area contributed by atoms with Gasteiger partial charge in [0.25, 0.3) is 0 Å². The van der Waals surface area contributed by atoms with Crippen molar-refractivity contribution in [1.82, 2.24) is 83.7 Å². The van der Waals surface area contributed by atoms with Crippen LogP contribution in [0, 0.1) is 22.7 Å². The molecule has 5 unspecified atom stereocenters. The maximum atomic E-state index is 15.0. The number of aromatic nitrogens is 3. The summed E-state index contributed by atoms with van der Waals surface area (Å²) in [6.45, 7) is 7.65. The van der Waals surface area contributed by atoms with E-state index < -0.39 is 186 Å². The van der Waals surface area contributed by atoms with Gasteiger partial charge in [-0.25, -0.2) is 4.98 Å². The smallest absolute Gasteiger partial charge is 0.245 e. The van der Waals surface area contributed by atoms with Gasteiger partial charge in [-0.15, -0.1) is 0 Å². The van der Waals surface area contributed by atoms with Crippen molar-refractivity contribution in [3.05, 3.63) is 114 Å². The predicted molar refractivity (Wildman–Crippen MR) is 410 cm³/mol. The topological polar surface area (TPSA) is 652 Å². The first-order chi connectivity index (χ1) is 52.9. The van der Waals surface area contributed by atoms with Crippen LogP contribution < -0.4 is 92.5 Å². The Morgan fingerprint density at radius 2 is 0.991 bits per heavy atom. The summed E-state index contributed by atoms with van der Waals surface area (Å²) in [6, 6.07) is 1.72. The zero-order chi connectivity index (χ0) is 83.1. The lowest BCUT2D eigenvalue weighted by molar-refractivity contribution is -0.143. The Bertz CT molecular complexity index is 4060. The highest BCUT2D eigenvalue weighted by molar-refractivity contribution is 6.01. The van der Waals surface area contributed by atoms with Crippen LogP contribution in [0.15, 0.2) is 91.5 Å². The Hall–Kier alpha value is -12.4. The second-order valence-electron chi connectivity index (χ2n) is 27.9. The number of fused-ring (bicyclic) bond motifs is 1. The number of H-pyrrole nitrogens is 2. The highest BCUT2D eigenvalue weighted by atomic mass is 16.3. The number of imidazole rings is 1. The van der Waals surface area contributed by atoms with Gasteiger partial charge in [-0.05, 0) is 111 Å². The van der Waals surface area contributed by atoms with Crippen LogP contribution in [0.1, 0.15) is 108 Å². The van der Waals surface area contributed by atoms with Crippen LogP contribution >= 0.6 is 0 Å². The molecule has 3 aromatic carbocycles. The summed E-state index contributed by atoms with van der Waals surface area (Å²) >= 11 is 0. The number of amides is 13. The number of primary amides is 3. The number of carbonyl (C=O) groups excluding carboxylic acids is 13. The Morgan fingerprint density at radius 3 is 1.53 bits per heavy atom. The number of phenols is 2. The van der Waals surface area contributed by atoms with Gasteiger partial charge in [0, 0.05) is 75.5 Å². The number of guanidine groups is 2. The van der Waals surface area contributed by atoms with Crippen LogP contribution in [0.25, 0.3) is 10.9 Å². The number of hydrogen-bond donors (Lipinski definition) is 24. The van der Waals surface area contributed by atoms with Crippen molar-refractivity contribution in [2.75, 3.05) is 27.2 Å². The number of benzene rings is 3. The maximum absolute atomic E-state index is 15.0. The van der Waals surface area contributed by atoms with Gasteiger partial charge in [0.05, 0.1) is 30.6 Å². The summed E-state index contributed by atoms with van der Waals surface area (Å²) < 4.78 is 0. The molecule has 0 aliphatic rings. The van der Waals surface area contributed by atoms with Gasteiger partial charge in [-0.3, -0.25) is 73.1 Å². The molecule has 39 heteroatoms. The number of nitrogens with two attached hydrogens (primary N) is 5. The number of rotatable bonds is 47. The van der Waals surface area contributed by atoms with Crippen molar-refractivity contribution in [1.29, 1.82) is 10.8 Å². The summed E-state index contributed by atoms with van der Waals surface area (Å²) in [4.78, 5) is 195. The number of likely N-dealkylation sites (N-methyl/N-ethyl adjacent to an activating group) is 2. The zero-order valence-corrected chi connectivity index (χ0v) is 63.6. The molecule has 39 nitrogen and oxygen atoms in total. The van der Waals surface area contributed by atoms with Crippen molar-refractivity contribution >= 4 is 99.6 Å². The molecule has 0 fully saturated rings. The van der Waals surface area contributed by atoms with Crippen LogP contribution in [-0.4, -0.2) is 224 Å². The number of phenolic OH excluding ortho intramolecular Hbond substituents is 2. The van der Waals surface area contributed by atoms with E-state index in [9.17, 15) is 77.6 Å². The Balaban J connectivity index is 1.42. The molecule has 0 saturated heterocycles. The summed E-state index contributed by atoms with van der Waals surface area (Å²) in [7, 11) is 2.76. The van der Waals surface area contributed by atoms with Crippen molar-refractivity contribution in [2.24, 2.45) is 40.5 Å². The van der Waals surface area contributed by atoms with Gasteiger partial charge in [-0.1, -0.05) is 70.2 Å². The molecule has 13 amide bonds. The van der Waals surface area contributed by atoms with Crippen molar-refractivity contribution in [3.8, 4) is 11.5 Å². The monoisotopic (exact) mass is 1560 g/mol. The van der Waals surface area contributed by atoms with Gasteiger partial charge in [0.2, 0.25) is 76.8 Å². The maximum Gasteiger partial charge on any atom is 0.245 e. The number of hydrogen-bond acceptors (Lipinski definition) is 20. The van der Waals surface area contributed by atoms with Crippen LogP contribution in [0.3, 0.4) is 0 Å². The van der Waals surface area contributed by atoms with E-state index in [0.29, 0.717) is 33.3 Å². The molecule has 12 atom stereocenters. The SMILES string of the molecule is CNC(Cc1c[nH]cn1)C(=O)N[C@@H](Cc1ccc(O)cc1)C(=O)NC(CC(C)C)C(=O)N[C@@H](CC(N)=O)C(=O)NC(Cc1c[nH]c2ccccc12)C(=O)N[C@H](C(=O)N[C@H](C(=O)N[C@@H](CCCNC(=N)N)C(=O)NC(CCC(N)=O)C(=O)N(C)[C@@H](CCCNC(=N)N)C(=O)NC(Cc1ccc(O)cc1)C(N)=O)[C@@H](C)O)C(C)C. The second-order valence-corrected chi connectivity index (χ2v) is 27.9. The molecular formula is C73H107N23O16. The number of aliphatic hydroxyl groups is 1. The number of para-hydroxylation sites is 1. The van der Waals surface area contributed by atoms with Gasteiger partial charge in [-0.2, -0.15) is 0 Å². The standard InChI is InChI=1S/C73H107N23O16/c1-37(2)28-52(90-65(106)53(30-41-18-22-45(99)23-19-41)91-63(104)51(81-6)32-43-35-82-36-86-43)64(105)93-55(33-58(75)101)66(107)92-54(31-42-34-85-47-13-9-8-12-46(42)47)67(108)94-59(38(3)4)69(110)95-60(39(5)97)70(111)87-48(14-10-26-83-72(77)78)62(103)88-49(24-25-57(74)100)71(112)96(7)56(15-11-27-84-73(79)80)68(109)89-50(61(76)102)29-40-16-20-44(98)21-17-40/h8-9,12-13,16-23,34-39,48-56,59-60,81,85,97-99H,10-11,14-15,24-33H2,1-7H3,(H2,74,100)(H2,75,101)(H2,76,102)(H,82,86)(H,87,111)(H,88,103)(H,89,109)(H,90,106)(H,91,104)(H,92,107)(H,93,105)(H,94,108)(H,95,110)(H4,77,78,83)(H4,79,80,84)/t39-,48+,49?,50?,51?,52?,53+,54?,55+,56+,59+,60+/m1/s1. The summed E-state index contributed by atoms with van der Waals surface area (Å²) in [6.07, 6.45) is 0.140. The van der Waals surface area contributed by atoms with Crippen LogP contribution in [0.4, 0.5) is 0 Å². The van der Waals surface area contributed by atoms with Gasteiger partial charge in [0.1, 0.15) is 71.9 Å². The number of nitrogens with one attached hydrogen (secondary N) is 16. The molecule has 29 N–H and O–H groups in total.